The minimum Gasteiger partial charge on any atom is -0.460 e. The van der Waals surface area contributed by atoms with Gasteiger partial charge < -0.3 is 10.1 Å². The van der Waals surface area contributed by atoms with Crippen molar-refractivity contribution in [3.63, 3.8) is 0 Å². The molecule has 2 aromatic rings. The Kier molecular flexibility index (Phi) is 7.15. The molecule has 0 heterocycles. The van der Waals surface area contributed by atoms with Crippen LogP contribution in [0.1, 0.15) is 11.1 Å². The molecule has 0 bridgehead atoms. The van der Waals surface area contributed by atoms with Gasteiger partial charge in [0.1, 0.15) is 6.61 Å². The van der Waals surface area contributed by atoms with Gasteiger partial charge in [0, 0.05) is 10.7 Å². The summed E-state index contributed by atoms with van der Waals surface area (Å²) in [5.74, 6) is -0.159. The summed E-state index contributed by atoms with van der Waals surface area (Å²) in [4.78, 5) is 23.5. The standard InChI is InChI=1S/C18H18ClNO3S/c1-13-3-2-4-16(9-13)20-17(21)11-24-12-18(22)23-10-14-5-7-15(19)8-6-14/h2-9H,10-12H2,1H3,(H,20,21). The van der Waals surface area contributed by atoms with Crippen LogP contribution in [0, 0.1) is 6.92 Å². The van der Waals surface area contributed by atoms with Gasteiger partial charge in [0.05, 0.1) is 11.5 Å². The van der Waals surface area contributed by atoms with Crippen LogP contribution in [0.25, 0.3) is 0 Å². The Labute approximate surface area is 150 Å². The number of halogens is 1. The highest BCUT2D eigenvalue weighted by atomic mass is 35.5. The second-order valence-electron chi connectivity index (χ2n) is 5.20. The molecule has 2 aromatic carbocycles. The molecular formula is C18H18ClNO3S. The van der Waals surface area contributed by atoms with E-state index in [9.17, 15) is 9.59 Å². The van der Waals surface area contributed by atoms with Crippen LogP contribution in [0.15, 0.2) is 48.5 Å². The van der Waals surface area contributed by atoms with E-state index in [4.69, 9.17) is 16.3 Å². The van der Waals surface area contributed by atoms with Crippen molar-refractivity contribution in [3.8, 4) is 0 Å². The molecule has 0 aliphatic rings. The summed E-state index contributed by atoms with van der Waals surface area (Å²) in [7, 11) is 0. The number of esters is 1. The van der Waals surface area contributed by atoms with Gasteiger partial charge in [-0.15, -0.1) is 11.8 Å². The molecule has 126 valence electrons. The highest BCUT2D eigenvalue weighted by molar-refractivity contribution is 8.00. The second-order valence-corrected chi connectivity index (χ2v) is 6.62. The number of amides is 1. The summed E-state index contributed by atoms with van der Waals surface area (Å²) in [6, 6.07) is 14.7. The van der Waals surface area contributed by atoms with Crippen molar-refractivity contribution in [2.45, 2.75) is 13.5 Å². The summed E-state index contributed by atoms with van der Waals surface area (Å²) in [5.41, 5.74) is 2.70. The number of rotatable bonds is 7. The number of hydrogen-bond acceptors (Lipinski definition) is 4. The lowest BCUT2D eigenvalue weighted by atomic mass is 10.2. The normalized spacial score (nSPS) is 10.2. The minimum atomic E-state index is -0.349. The van der Waals surface area contributed by atoms with E-state index in [1.54, 1.807) is 24.3 Å². The number of thioether (sulfide) groups is 1. The maximum Gasteiger partial charge on any atom is 0.316 e. The van der Waals surface area contributed by atoms with Crippen LogP contribution in [0.2, 0.25) is 5.02 Å². The van der Waals surface area contributed by atoms with Gasteiger partial charge in [-0.3, -0.25) is 9.59 Å². The van der Waals surface area contributed by atoms with E-state index in [1.165, 1.54) is 11.8 Å². The molecule has 0 saturated heterocycles. The van der Waals surface area contributed by atoms with Crippen molar-refractivity contribution < 1.29 is 14.3 Å². The Morgan fingerprint density at radius 3 is 2.58 bits per heavy atom. The zero-order valence-electron chi connectivity index (χ0n) is 13.3. The summed E-state index contributed by atoms with van der Waals surface area (Å²) in [6.45, 7) is 2.16. The largest absolute Gasteiger partial charge is 0.460 e. The van der Waals surface area contributed by atoms with Crippen molar-refractivity contribution in [1.82, 2.24) is 0 Å². The fraction of sp³-hybridized carbons (Fsp3) is 0.222. The number of benzene rings is 2. The monoisotopic (exact) mass is 363 g/mol. The molecule has 0 spiro atoms. The Morgan fingerprint density at radius 1 is 1.12 bits per heavy atom. The molecule has 4 nitrogen and oxygen atoms in total. The quantitative estimate of drug-likeness (QED) is 0.753. The van der Waals surface area contributed by atoms with Gasteiger partial charge in [0.15, 0.2) is 0 Å². The van der Waals surface area contributed by atoms with Crippen molar-refractivity contribution in [1.29, 1.82) is 0 Å². The van der Waals surface area contributed by atoms with E-state index in [0.29, 0.717) is 5.02 Å². The number of nitrogens with one attached hydrogen (secondary N) is 1. The fourth-order valence-electron chi connectivity index (χ4n) is 1.93. The van der Waals surface area contributed by atoms with Crippen LogP contribution in [-0.2, 0) is 20.9 Å². The highest BCUT2D eigenvalue weighted by Gasteiger charge is 2.07. The van der Waals surface area contributed by atoms with Gasteiger partial charge in [-0.1, -0.05) is 35.9 Å². The molecule has 0 aliphatic heterocycles. The van der Waals surface area contributed by atoms with E-state index in [-0.39, 0.29) is 30.0 Å². The molecule has 0 fully saturated rings. The lowest BCUT2D eigenvalue weighted by Gasteiger charge is -2.07. The van der Waals surface area contributed by atoms with Crippen molar-refractivity contribution >= 4 is 40.9 Å². The first-order valence-corrected chi connectivity index (χ1v) is 8.90. The predicted octanol–water partition coefficient (Wildman–Crippen LogP) is 4.06. The molecule has 0 saturated carbocycles. The number of carbonyl (C=O) groups excluding carboxylic acids is 2. The molecule has 24 heavy (non-hydrogen) atoms. The van der Waals surface area contributed by atoms with Gasteiger partial charge in [-0.25, -0.2) is 0 Å². The summed E-state index contributed by atoms with van der Waals surface area (Å²) < 4.78 is 5.15. The lowest BCUT2D eigenvalue weighted by Crippen LogP contribution is -2.16. The van der Waals surface area contributed by atoms with Crippen LogP contribution < -0.4 is 5.32 Å². The predicted molar refractivity (Wildman–Crippen MR) is 98.4 cm³/mol. The van der Waals surface area contributed by atoms with Crippen molar-refractivity contribution in [3.05, 3.63) is 64.7 Å². The molecule has 0 radical (unpaired) electrons. The summed E-state index contributed by atoms with van der Waals surface area (Å²) in [6.07, 6.45) is 0. The van der Waals surface area contributed by atoms with Crippen LogP contribution >= 0.6 is 23.4 Å². The molecule has 6 heteroatoms. The number of aryl methyl sites for hydroxylation is 1. The smallest absolute Gasteiger partial charge is 0.316 e. The van der Waals surface area contributed by atoms with Gasteiger partial charge in [-0.2, -0.15) is 0 Å². The zero-order valence-corrected chi connectivity index (χ0v) is 14.8. The Hall–Kier alpha value is -1.98. The zero-order chi connectivity index (χ0) is 17.4. The molecule has 1 amide bonds. The van der Waals surface area contributed by atoms with E-state index in [0.717, 1.165) is 16.8 Å². The van der Waals surface area contributed by atoms with Crippen LogP contribution in [0.3, 0.4) is 0 Å². The first kappa shape index (κ1) is 18.4. The van der Waals surface area contributed by atoms with Crippen molar-refractivity contribution in [2.24, 2.45) is 0 Å². The summed E-state index contributed by atoms with van der Waals surface area (Å²) in [5, 5.41) is 3.43. The topological polar surface area (TPSA) is 55.4 Å². The van der Waals surface area contributed by atoms with Crippen molar-refractivity contribution in [2.75, 3.05) is 16.8 Å². The third kappa shape index (κ3) is 6.64. The lowest BCUT2D eigenvalue weighted by molar-refractivity contribution is -0.141. The first-order valence-electron chi connectivity index (χ1n) is 7.37. The number of hydrogen-bond donors (Lipinski definition) is 1. The SMILES string of the molecule is Cc1cccc(NC(=O)CSCC(=O)OCc2ccc(Cl)cc2)c1. The third-order valence-corrected chi connectivity index (χ3v) is 4.23. The average molecular weight is 364 g/mol. The van der Waals surface area contributed by atoms with Crippen LogP contribution in [0.4, 0.5) is 5.69 Å². The fourth-order valence-corrected chi connectivity index (χ4v) is 2.67. The number of carbonyl (C=O) groups is 2. The minimum absolute atomic E-state index is 0.134. The van der Waals surface area contributed by atoms with E-state index < -0.39 is 0 Å². The van der Waals surface area contributed by atoms with Crippen LogP contribution in [0.5, 0.6) is 0 Å². The Morgan fingerprint density at radius 2 is 1.88 bits per heavy atom. The van der Waals surface area contributed by atoms with Gasteiger partial charge >= 0.3 is 5.97 Å². The average Bonchev–Trinajstić information content (AvgIpc) is 2.54. The number of anilines is 1. The molecule has 1 N–H and O–H groups in total. The highest BCUT2D eigenvalue weighted by Crippen LogP contribution is 2.12. The van der Waals surface area contributed by atoms with Gasteiger partial charge in [0.2, 0.25) is 5.91 Å². The van der Waals surface area contributed by atoms with Gasteiger partial charge in [-0.05, 0) is 42.3 Å². The molecule has 0 aromatic heterocycles. The maximum absolute atomic E-state index is 11.8. The molecule has 0 unspecified atom stereocenters. The molecule has 0 atom stereocenters. The molecular weight excluding hydrogens is 346 g/mol. The van der Waals surface area contributed by atoms with E-state index >= 15 is 0 Å². The first-order chi connectivity index (χ1) is 11.5. The third-order valence-electron chi connectivity index (χ3n) is 3.07. The van der Waals surface area contributed by atoms with E-state index in [1.807, 2.05) is 31.2 Å². The Bertz CT molecular complexity index is 704. The maximum atomic E-state index is 11.8. The van der Waals surface area contributed by atoms with Crippen LogP contribution in [-0.4, -0.2) is 23.4 Å². The number of ether oxygens (including phenoxy) is 1. The second kappa shape index (κ2) is 9.35. The Balaban J connectivity index is 1.65. The summed E-state index contributed by atoms with van der Waals surface area (Å²) >= 11 is 7.01. The van der Waals surface area contributed by atoms with E-state index in [2.05, 4.69) is 5.32 Å². The van der Waals surface area contributed by atoms with Gasteiger partial charge in [0.25, 0.3) is 0 Å². The molecule has 0 aliphatic carbocycles. The molecule has 2 rings (SSSR count).